The topological polar surface area (TPSA) is 86.5 Å². The lowest BCUT2D eigenvalue weighted by molar-refractivity contribution is -0.145. The molecule has 0 saturated heterocycles. The van der Waals surface area contributed by atoms with Gasteiger partial charge in [0.25, 0.3) is 5.56 Å². The van der Waals surface area contributed by atoms with Crippen molar-refractivity contribution >= 4 is 23.4 Å². The summed E-state index contributed by atoms with van der Waals surface area (Å²) in [7, 11) is 0. The van der Waals surface area contributed by atoms with Crippen molar-refractivity contribution in [1.29, 1.82) is 0 Å². The number of fused-ring (bicyclic) bond motifs is 1. The molecule has 3 rings (SSSR count). The largest absolute Gasteiger partial charge is 0.459 e. The van der Waals surface area contributed by atoms with Crippen LogP contribution < -0.4 is 5.56 Å². The number of carbonyl (C=O) groups excluding carboxylic acids is 1. The molecular formula is C20H22N4O3S. The Morgan fingerprint density at radius 1 is 1.14 bits per heavy atom. The highest BCUT2D eigenvalue weighted by atomic mass is 32.2. The first kappa shape index (κ1) is 20.0. The van der Waals surface area contributed by atoms with Crippen LogP contribution in [0.25, 0.3) is 5.65 Å². The zero-order valence-corrected chi connectivity index (χ0v) is 17.2. The van der Waals surface area contributed by atoms with Gasteiger partial charge >= 0.3 is 5.97 Å². The third-order valence-corrected chi connectivity index (χ3v) is 4.97. The molecular weight excluding hydrogens is 376 g/mol. The van der Waals surface area contributed by atoms with Gasteiger partial charge in [-0.2, -0.15) is 0 Å². The van der Waals surface area contributed by atoms with Gasteiger partial charge in [0, 0.05) is 30.1 Å². The average molecular weight is 398 g/mol. The van der Waals surface area contributed by atoms with E-state index in [9.17, 15) is 9.59 Å². The third kappa shape index (κ3) is 4.56. The Balaban J connectivity index is 1.64. The molecule has 0 atom stereocenters. The van der Waals surface area contributed by atoms with Crippen LogP contribution in [-0.4, -0.2) is 31.6 Å². The molecule has 0 aliphatic carbocycles. The van der Waals surface area contributed by atoms with Crippen LogP contribution in [-0.2, 0) is 22.6 Å². The van der Waals surface area contributed by atoms with E-state index < -0.39 is 0 Å². The van der Waals surface area contributed by atoms with Gasteiger partial charge in [-0.05, 0) is 56.7 Å². The minimum atomic E-state index is -0.348. The van der Waals surface area contributed by atoms with Crippen LogP contribution in [0, 0.1) is 20.8 Å². The van der Waals surface area contributed by atoms with Crippen LogP contribution in [0.3, 0.4) is 0 Å². The van der Waals surface area contributed by atoms with Gasteiger partial charge in [0.2, 0.25) is 0 Å². The number of aryl methyl sites for hydroxylation is 3. The number of hydrogen-bond donors (Lipinski definition) is 0. The molecule has 0 fully saturated rings. The molecule has 0 radical (unpaired) electrons. The molecule has 146 valence electrons. The zero-order chi connectivity index (χ0) is 20.3. The van der Waals surface area contributed by atoms with Gasteiger partial charge in [0.05, 0.1) is 5.69 Å². The SMILES string of the molecule is CSc1nc(C)c(CCC(=O)OCc2cc(=O)n3ccc(C)cc3n2)c(C)n1. The summed E-state index contributed by atoms with van der Waals surface area (Å²) in [5.74, 6) is -0.348. The molecule has 3 aromatic heterocycles. The van der Waals surface area contributed by atoms with E-state index in [0.717, 1.165) is 27.7 Å². The van der Waals surface area contributed by atoms with Crippen molar-refractivity contribution in [3.05, 3.63) is 63.0 Å². The van der Waals surface area contributed by atoms with E-state index in [1.807, 2.05) is 39.2 Å². The Labute approximate surface area is 167 Å². The second kappa shape index (κ2) is 8.52. The monoisotopic (exact) mass is 398 g/mol. The molecule has 3 heterocycles. The van der Waals surface area contributed by atoms with Gasteiger partial charge in [-0.3, -0.25) is 14.0 Å². The Bertz CT molecular complexity index is 1070. The van der Waals surface area contributed by atoms with E-state index in [0.29, 0.717) is 17.8 Å². The number of nitrogens with zero attached hydrogens (tertiary/aromatic N) is 4. The molecule has 28 heavy (non-hydrogen) atoms. The summed E-state index contributed by atoms with van der Waals surface area (Å²) in [4.78, 5) is 37.6. The Hall–Kier alpha value is -2.74. The average Bonchev–Trinajstić information content (AvgIpc) is 2.65. The van der Waals surface area contributed by atoms with E-state index in [2.05, 4.69) is 15.0 Å². The molecule has 0 amide bonds. The van der Waals surface area contributed by atoms with Crippen molar-refractivity contribution in [2.45, 2.75) is 45.4 Å². The van der Waals surface area contributed by atoms with E-state index in [4.69, 9.17) is 4.74 Å². The predicted octanol–water partition coefficient (Wildman–Crippen LogP) is 2.81. The predicted molar refractivity (Wildman–Crippen MR) is 108 cm³/mol. The molecule has 8 heteroatoms. The smallest absolute Gasteiger partial charge is 0.306 e. The van der Waals surface area contributed by atoms with Gasteiger partial charge < -0.3 is 4.74 Å². The van der Waals surface area contributed by atoms with E-state index in [1.165, 1.54) is 22.2 Å². The second-order valence-electron chi connectivity index (χ2n) is 6.54. The second-order valence-corrected chi connectivity index (χ2v) is 7.31. The number of rotatable bonds is 6. The normalized spacial score (nSPS) is 11.0. The van der Waals surface area contributed by atoms with Gasteiger partial charge in [-0.1, -0.05) is 11.8 Å². The van der Waals surface area contributed by atoms with Crippen LogP contribution in [0.4, 0.5) is 0 Å². The van der Waals surface area contributed by atoms with Crippen molar-refractivity contribution in [2.75, 3.05) is 6.26 Å². The highest BCUT2D eigenvalue weighted by Gasteiger charge is 2.12. The van der Waals surface area contributed by atoms with E-state index in [-0.39, 0.29) is 24.6 Å². The number of ether oxygens (including phenoxy) is 1. The summed E-state index contributed by atoms with van der Waals surface area (Å²) >= 11 is 1.49. The van der Waals surface area contributed by atoms with Crippen LogP contribution in [0.2, 0.25) is 0 Å². The maximum Gasteiger partial charge on any atom is 0.306 e. The molecule has 0 bridgehead atoms. The summed E-state index contributed by atoms with van der Waals surface area (Å²) in [6.07, 6.45) is 4.34. The summed E-state index contributed by atoms with van der Waals surface area (Å²) in [6.45, 7) is 5.74. The lowest BCUT2D eigenvalue weighted by Gasteiger charge is -2.10. The minimum Gasteiger partial charge on any atom is -0.459 e. The Kier molecular flexibility index (Phi) is 6.08. The molecule has 0 N–H and O–H groups in total. The van der Waals surface area contributed by atoms with Crippen molar-refractivity contribution in [3.63, 3.8) is 0 Å². The molecule has 0 aliphatic heterocycles. The number of aromatic nitrogens is 4. The van der Waals surface area contributed by atoms with Gasteiger partial charge in [0.15, 0.2) is 5.16 Å². The fraction of sp³-hybridized carbons (Fsp3) is 0.350. The van der Waals surface area contributed by atoms with Crippen molar-refractivity contribution < 1.29 is 9.53 Å². The standard InChI is InChI=1S/C20H22N4O3S/c1-12-7-8-24-17(9-12)23-15(10-18(24)25)11-27-19(26)6-5-16-13(2)21-20(28-4)22-14(16)3/h7-10H,5-6,11H2,1-4H3. The number of esters is 1. The summed E-state index contributed by atoms with van der Waals surface area (Å²) in [5.41, 5.74) is 4.50. The third-order valence-electron chi connectivity index (χ3n) is 4.42. The Morgan fingerprint density at radius 3 is 2.54 bits per heavy atom. The van der Waals surface area contributed by atoms with Crippen LogP contribution in [0.15, 0.2) is 34.3 Å². The fourth-order valence-corrected chi connectivity index (χ4v) is 3.40. The fourth-order valence-electron chi connectivity index (χ4n) is 2.94. The highest BCUT2D eigenvalue weighted by Crippen LogP contribution is 2.17. The molecule has 0 unspecified atom stereocenters. The van der Waals surface area contributed by atoms with Gasteiger partial charge in [-0.25, -0.2) is 15.0 Å². The van der Waals surface area contributed by atoms with Crippen LogP contribution in [0.1, 0.15) is 34.6 Å². The first-order chi connectivity index (χ1) is 13.4. The first-order valence-corrected chi connectivity index (χ1v) is 10.1. The van der Waals surface area contributed by atoms with Gasteiger partial charge in [0.1, 0.15) is 12.3 Å². The quantitative estimate of drug-likeness (QED) is 0.358. The maximum absolute atomic E-state index is 12.2. The molecule has 3 aromatic rings. The number of pyridine rings is 1. The summed E-state index contributed by atoms with van der Waals surface area (Å²) in [5, 5.41) is 0.727. The first-order valence-electron chi connectivity index (χ1n) is 8.90. The van der Waals surface area contributed by atoms with Crippen LogP contribution >= 0.6 is 11.8 Å². The number of carbonyl (C=O) groups is 1. The van der Waals surface area contributed by atoms with Crippen molar-refractivity contribution in [1.82, 2.24) is 19.4 Å². The minimum absolute atomic E-state index is 0.0294. The summed E-state index contributed by atoms with van der Waals surface area (Å²) in [6, 6.07) is 5.05. The molecule has 0 aromatic carbocycles. The summed E-state index contributed by atoms with van der Waals surface area (Å²) < 4.78 is 6.77. The molecule has 7 nitrogen and oxygen atoms in total. The Morgan fingerprint density at radius 2 is 1.86 bits per heavy atom. The van der Waals surface area contributed by atoms with Crippen LogP contribution in [0.5, 0.6) is 0 Å². The highest BCUT2D eigenvalue weighted by molar-refractivity contribution is 7.98. The van der Waals surface area contributed by atoms with Crippen molar-refractivity contribution in [3.8, 4) is 0 Å². The lowest BCUT2D eigenvalue weighted by Crippen LogP contribution is -2.17. The lowest BCUT2D eigenvalue weighted by atomic mass is 10.1. The van der Waals surface area contributed by atoms with Crippen molar-refractivity contribution in [2.24, 2.45) is 0 Å². The molecule has 0 aliphatic rings. The van der Waals surface area contributed by atoms with E-state index >= 15 is 0 Å². The maximum atomic E-state index is 12.2. The zero-order valence-electron chi connectivity index (χ0n) is 16.4. The molecule has 0 saturated carbocycles. The molecule has 0 spiro atoms. The van der Waals surface area contributed by atoms with Gasteiger partial charge in [-0.15, -0.1) is 0 Å². The number of thioether (sulfide) groups is 1. The van der Waals surface area contributed by atoms with E-state index in [1.54, 1.807) is 6.20 Å². The number of hydrogen-bond acceptors (Lipinski definition) is 7.